The van der Waals surface area contributed by atoms with Gasteiger partial charge in [0.25, 0.3) is 0 Å². The third-order valence-corrected chi connectivity index (χ3v) is 5.80. The molecule has 4 aliphatic rings. The van der Waals surface area contributed by atoms with Gasteiger partial charge in [-0.2, -0.15) is 5.10 Å². The van der Waals surface area contributed by atoms with E-state index in [0.717, 1.165) is 17.7 Å². The van der Waals surface area contributed by atoms with Crippen molar-refractivity contribution in [2.75, 3.05) is 0 Å². The van der Waals surface area contributed by atoms with Crippen molar-refractivity contribution in [1.29, 1.82) is 0 Å². The number of hydrogen-bond acceptors (Lipinski definition) is 3. The van der Waals surface area contributed by atoms with Gasteiger partial charge in [-0.25, -0.2) is 4.98 Å². The van der Waals surface area contributed by atoms with E-state index in [1.165, 1.54) is 32.1 Å². The Morgan fingerprint density at radius 2 is 1.83 bits per heavy atom. The van der Waals surface area contributed by atoms with Crippen LogP contribution < -0.4 is 0 Å². The Hall–Kier alpha value is -0.900. The molecule has 5 rings (SSSR count). The molecule has 1 aromatic rings. The Morgan fingerprint density at radius 3 is 2.33 bits per heavy atom. The first-order valence-electron chi connectivity index (χ1n) is 7.20. The van der Waals surface area contributed by atoms with E-state index in [9.17, 15) is 5.11 Å². The third-order valence-electron chi connectivity index (χ3n) is 5.80. The molecule has 1 heterocycles. The first kappa shape index (κ1) is 11.0. The van der Waals surface area contributed by atoms with Crippen molar-refractivity contribution in [2.24, 2.45) is 30.7 Å². The summed E-state index contributed by atoms with van der Waals surface area (Å²) < 4.78 is 1.81. The highest BCUT2D eigenvalue weighted by molar-refractivity contribution is 5.10. The van der Waals surface area contributed by atoms with Crippen molar-refractivity contribution in [3.63, 3.8) is 0 Å². The lowest BCUT2D eigenvalue weighted by Crippen LogP contribution is -2.58. The molecule has 0 atom stereocenters. The predicted molar refractivity (Wildman–Crippen MR) is 66.7 cm³/mol. The highest BCUT2D eigenvalue weighted by Crippen LogP contribution is 2.58. The fourth-order valence-corrected chi connectivity index (χ4v) is 5.02. The van der Waals surface area contributed by atoms with Gasteiger partial charge in [0.05, 0.1) is 5.60 Å². The van der Waals surface area contributed by atoms with Crippen molar-refractivity contribution in [3.05, 3.63) is 12.2 Å². The molecule has 0 saturated heterocycles. The van der Waals surface area contributed by atoms with E-state index in [1.54, 1.807) is 6.33 Å². The number of aromatic nitrogens is 3. The van der Waals surface area contributed by atoms with Gasteiger partial charge in [-0.15, -0.1) is 0 Å². The molecule has 0 amide bonds. The van der Waals surface area contributed by atoms with Crippen LogP contribution in [0.25, 0.3) is 0 Å². The summed E-state index contributed by atoms with van der Waals surface area (Å²) in [5.74, 6) is 3.74. The van der Waals surface area contributed by atoms with Crippen LogP contribution in [0.15, 0.2) is 6.33 Å². The minimum absolute atomic E-state index is 0.505. The zero-order chi connectivity index (χ0) is 12.3. The summed E-state index contributed by atoms with van der Waals surface area (Å²) in [6, 6.07) is 0. The van der Waals surface area contributed by atoms with Crippen LogP contribution in [0.4, 0.5) is 0 Å². The van der Waals surface area contributed by atoms with Crippen LogP contribution in [0.1, 0.15) is 37.9 Å². The molecular weight excluding hydrogens is 226 g/mol. The second-order valence-corrected chi connectivity index (χ2v) is 6.77. The molecule has 0 unspecified atom stereocenters. The summed E-state index contributed by atoms with van der Waals surface area (Å²) in [7, 11) is 1.92. The average molecular weight is 247 g/mol. The molecule has 0 spiro atoms. The molecule has 18 heavy (non-hydrogen) atoms. The molecule has 0 radical (unpaired) electrons. The molecule has 4 saturated carbocycles. The van der Waals surface area contributed by atoms with Crippen molar-refractivity contribution in [1.82, 2.24) is 14.8 Å². The Labute approximate surface area is 107 Å². The highest BCUT2D eigenvalue weighted by atomic mass is 16.3. The summed E-state index contributed by atoms with van der Waals surface area (Å²) >= 11 is 0. The molecule has 0 aromatic carbocycles. The van der Waals surface area contributed by atoms with Gasteiger partial charge in [-0.05, 0) is 55.8 Å². The zero-order valence-electron chi connectivity index (χ0n) is 10.9. The minimum Gasteiger partial charge on any atom is -0.389 e. The van der Waals surface area contributed by atoms with Crippen LogP contribution in [-0.4, -0.2) is 25.5 Å². The fourth-order valence-electron chi connectivity index (χ4n) is 5.02. The Morgan fingerprint density at radius 1 is 1.22 bits per heavy atom. The van der Waals surface area contributed by atoms with Gasteiger partial charge in [-0.1, -0.05) is 0 Å². The lowest BCUT2D eigenvalue weighted by molar-refractivity contribution is -0.172. The topological polar surface area (TPSA) is 50.9 Å². The smallest absolute Gasteiger partial charge is 0.138 e. The lowest BCUT2D eigenvalue weighted by Gasteiger charge is -2.58. The van der Waals surface area contributed by atoms with Gasteiger partial charge in [0.2, 0.25) is 0 Å². The molecule has 1 N–H and O–H groups in total. The Bertz CT molecular complexity index is 439. The van der Waals surface area contributed by atoms with Crippen LogP contribution in [0.3, 0.4) is 0 Å². The molecule has 0 aliphatic heterocycles. The molecule has 1 aromatic heterocycles. The lowest BCUT2D eigenvalue weighted by atomic mass is 9.49. The van der Waals surface area contributed by atoms with Gasteiger partial charge in [-0.3, -0.25) is 4.68 Å². The monoisotopic (exact) mass is 247 g/mol. The van der Waals surface area contributed by atoms with E-state index >= 15 is 0 Å². The number of hydrogen-bond donors (Lipinski definition) is 1. The number of aliphatic hydroxyl groups is 1. The fraction of sp³-hybridized carbons (Fsp3) is 0.857. The second-order valence-electron chi connectivity index (χ2n) is 6.77. The van der Waals surface area contributed by atoms with Gasteiger partial charge >= 0.3 is 0 Å². The first-order valence-corrected chi connectivity index (χ1v) is 7.20. The number of nitrogens with zero attached hydrogens (tertiary/aromatic N) is 3. The SMILES string of the molecule is Cn1ncnc1CC1(O)C2CC3CC(C2)CC1C3. The summed E-state index contributed by atoms with van der Waals surface area (Å²) in [5.41, 5.74) is -0.506. The van der Waals surface area contributed by atoms with E-state index in [2.05, 4.69) is 10.1 Å². The molecule has 98 valence electrons. The molecular formula is C14H21N3O. The summed E-state index contributed by atoms with van der Waals surface area (Å²) in [5, 5.41) is 15.3. The third kappa shape index (κ3) is 1.41. The van der Waals surface area contributed by atoms with Crippen molar-refractivity contribution >= 4 is 0 Å². The average Bonchev–Trinajstić information content (AvgIpc) is 2.71. The van der Waals surface area contributed by atoms with Crippen LogP contribution >= 0.6 is 0 Å². The van der Waals surface area contributed by atoms with E-state index in [1.807, 2.05) is 11.7 Å². The summed E-state index contributed by atoms with van der Waals surface area (Å²) in [6.07, 6.45) is 8.66. The maximum Gasteiger partial charge on any atom is 0.138 e. The standard InChI is InChI=1S/C14H21N3O/c1-17-13(15-8-16-17)7-14(18)11-3-9-2-10(5-11)6-12(14)4-9/h8-12,18H,2-7H2,1H3. The molecule has 4 heteroatoms. The number of rotatable bonds is 2. The Balaban J connectivity index is 1.65. The first-order chi connectivity index (χ1) is 8.65. The predicted octanol–water partition coefficient (Wildman–Crippen LogP) is 1.54. The quantitative estimate of drug-likeness (QED) is 0.862. The largest absolute Gasteiger partial charge is 0.389 e. The molecule has 4 bridgehead atoms. The van der Waals surface area contributed by atoms with Crippen LogP contribution in [0.5, 0.6) is 0 Å². The van der Waals surface area contributed by atoms with Crippen molar-refractivity contribution in [2.45, 2.75) is 44.1 Å². The zero-order valence-corrected chi connectivity index (χ0v) is 10.9. The summed E-state index contributed by atoms with van der Waals surface area (Å²) in [4.78, 5) is 4.30. The normalized spacial score (nSPS) is 45.7. The van der Waals surface area contributed by atoms with E-state index < -0.39 is 5.60 Å². The minimum atomic E-state index is -0.506. The Kier molecular flexibility index (Phi) is 2.17. The van der Waals surface area contributed by atoms with Crippen LogP contribution in [0, 0.1) is 23.7 Å². The van der Waals surface area contributed by atoms with E-state index in [0.29, 0.717) is 18.3 Å². The van der Waals surface area contributed by atoms with Crippen molar-refractivity contribution < 1.29 is 5.11 Å². The van der Waals surface area contributed by atoms with Crippen molar-refractivity contribution in [3.8, 4) is 0 Å². The summed E-state index contributed by atoms with van der Waals surface area (Å²) in [6.45, 7) is 0. The van der Waals surface area contributed by atoms with Gasteiger partial charge < -0.3 is 5.11 Å². The molecule has 4 nitrogen and oxygen atoms in total. The van der Waals surface area contributed by atoms with Crippen LogP contribution in [-0.2, 0) is 13.5 Å². The second kappa shape index (κ2) is 3.56. The van der Waals surface area contributed by atoms with Gasteiger partial charge in [0.15, 0.2) is 0 Å². The number of aryl methyl sites for hydroxylation is 1. The van der Waals surface area contributed by atoms with Gasteiger partial charge in [0, 0.05) is 13.5 Å². The highest BCUT2D eigenvalue weighted by Gasteiger charge is 2.56. The molecule has 4 aliphatic carbocycles. The van der Waals surface area contributed by atoms with Crippen LogP contribution in [0.2, 0.25) is 0 Å². The van der Waals surface area contributed by atoms with E-state index in [-0.39, 0.29) is 0 Å². The van der Waals surface area contributed by atoms with E-state index in [4.69, 9.17) is 0 Å². The van der Waals surface area contributed by atoms with Gasteiger partial charge in [0.1, 0.15) is 12.2 Å². The maximum absolute atomic E-state index is 11.2. The molecule has 4 fully saturated rings. The maximum atomic E-state index is 11.2.